The SMILES string of the molecule is CCCC1CCC(C2=CC/C(=C\Cc3ccc(OC(C)C)cc3)C=C2)CC1. The molecule has 0 aromatic heterocycles. The van der Waals surface area contributed by atoms with Crippen LogP contribution in [-0.2, 0) is 6.42 Å². The number of hydrogen-bond acceptors (Lipinski definition) is 1. The van der Waals surface area contributed by atoms with Crippen molar-refractivity contribution < 1.29 is 4.74 Å². The highest BCUT2D eigenvalue weighted by Gasteiger charge is 2.22. The van der Waals surface area contributed by atoms with Crippen LogP contribution < -0.4 is 4.74 Å². The minimum absolute atomic E-state index is 0.230. The molecule has 0 aliphatic heterocycles. The number of rotatable bonds is 7. The molecule has 0 bridgehead atoms. The summed E-state index contributed by atoms with van der Waals surface area (Å²) >= 11 is 0. The summed E-state index contributed by atoms with van der Waals surface area (Å²) in [6.45, 7) is 6.44. The molecule has 1 saturated carbocycles. The van der Waals surface area contributed by atoms with Crippen LogP contribution in [0.3, 0.4) is 0 Å². The predicted molar refractivity (Wildman–Crippen MR) is 116 cm³/mol. The molecule has 1 heteroatoms. The van der Waals surface area contributed by atoms with Crippen LogP contribution in [0.2, 0.25) is 0 Å². The second kappa shape index (κ2) is 9.97. The number of ether oxygens (including phenoxy) is 1. The molecule has 3 rings (SSSR count). The Morgan fingerprint density at radius 1 is 1.04 bits per heavy atom. The molecule has 0 spiro atoms. The van der Waals surface area contributed by atoms with Crippen LogP contribution in [-0.4, -0.2) is 6.10 Å². The molecular weight excluding hydrogens is 328 g/mol. The van der Waals surface area contributed by atoms with E-state index in [1.807, 2.05) is 0 Å². The number of hydrogen-bond donors (Lipinski definition) is 0. The van der Waals surface area contributed by atoms with E-state index >= 15 is 0 Å². The molecule has 1 aromatic rings. The van der Waals surface area contributed by atoms with E-state index in [9.17, 15) is 0 Å². The average Bonchev–Trinajstić information content (AvgIpc) is 2.68. The van der Waals surface area contributed by atoms with Crippen molar-refractivity contribution in [3.8, 4) is 5.75 Å². The van der Waals surface area contributed by atoms with Gasteiger partial charge in [-0.15, -0.1) is 0 Å². The first-order valence-electron chi connectivity index (χ1n) is 11.0. The summed E-state index contributed by atoms with van der Waals surface area (Å²) < 4.78 is 5.72. The van der Waals surface area contributed by atoms with E-state index in [1.54, 1.807) is 5.57 Å². The third-order valence-corrected chi connectivity index (χ3v) is 5.97. The van der Waals surface area contributed by atoms with E-state index in [2.05, 4.69) is 69.3 Å². The highest BCUT2D eigenvalue weighted by atomic mass is 16.5. The number of benzene rings is 1. The highest BCUT2D eigenvalue weighted by Crippen LogP contribution is 2.37. The first-order valence-corrected chi connectivity index (χ1v) is 11.0. The van der Waals surface area contributed by atoms with E-state index < -0.39 is 0 Å². The standard InChI is InChI=1S/C26H36O/c1-4-5-21-8-14-24(15-9-21)25-16-10-22(11-17-25)6-7-23-12-18-26(19-13-23)27-20(2)3/h6,10,12-13,16-21,24H,4-5,7-9,11,14-15H2,1-3H3/b22-6-. The molecule has 0 amide bonds. The lowest BCUT2D eigenvalue weighted by atomic mass is 9.76. The third-order valence-electron chi connectivity index (χ3n) is 5.97. The Labute approximate surface area is 166 Å². The monoisotopic (exact) mass is 364 g/mol. The van der Waals surface area contributed by atoms with Crippen molar-refractivity contribution in [2.75, 3.05) is 0 Å². The maximum Gasteiger partial charge on any atom is 0.119 e. The zero-order valence-corrected chi connectivity index (χ0v) is 17.4. The molecule has 146 valence electrons. The molecule has 0 N–H and O–H groups in total. The normalized spacial score (nSPS) is 24.3. The summed E-state index contributed by atoms with van der Waals surface area (Å²) in [6, 6.07) is 8.52. The summed E-state index contributed by atoms with van der Waals surface area (Å²) in [7, 11) is 0. The van der Waals surface area contributed by atoms with Crippen molar-refractivity contribution in [1.82, 2.24) is 0 Å². The van der Waals surface area contributed by atoms with Gasteiger partial charge in [0.25, 0.3) is 0 Å². The van der Waals surface area contributed by atoms with Gasteiger partial charge in [-0.2, -0.15) is 0 Å². The fourth-order valence-electron chi connectivity index (χ4n) is 4.45. The van der Waals surface area contributed by atoms with Crippen LogP contribution in [0.5, 0.6) is 5.75 Å². The second-order valence-corrected chi connectivity index (χ2v) is 8.54. The molecule has 2 aliphatic carbocycles. The Bertz CT molecular complexity index is 667. The van der Waals surface area contributed by atoms with Gasteiger partial charge in [0.1, 0.15) is 5.75 Å². The van der Waals surface area contributed by atoms with Crippen molar-refractivity contribution >= 4 is 0 Å². The van der Waals surface area contributed by atoms with Crippen LogP contribution in [0, 0.1) is 11.8 Å². The van der Waals surface area contributed by atoms with Gasteiger partial charge in [-0.1, -0.05) is 56.2 Å². The minimum atomic E-state index is 0.230. The van der Waals surface area contributed by atoms with Gasteiger partial charge in [-0.3, -0.25) is 0 Å². The zero-order valence-electron chi connectivity index (χ0n) is 17.4. The quantitative estimate of drug-likeness (QED) is 0.488. The van der Waals surface area contributed by atoms with Gasteiger partial charge in [-0.25, -0.2) is 0 Å². The molecule has 0 heterocycles. The summed E-state index contributed by atoms with van der Waals surface area (Å²) in [6.07, 6.45) is 20.3. The average molecular weight is 365 g/mol. The largest absolute Gasteiger partial charge is 0.491 e. The van der Waals surface area contributed by atoms with Gasteiger partial charge < -0.3 is 4.74 Å². The zero-order chi connectivity index (χ0) is 19.1. The van der Waals surface area contributed by atoms with Gasteiger partial charge in [0, 0.05) is 0 Å². The van der Waals surface area contributed by atoms with E-state index in [0.717, 1.165) is 30.4 Å². The van der Waals surface area contributed by atoms with Crippen LogP contribution in [0.15, 0.2) is 59.7 Å². The Kier molecular flexibility index (Phi) is 7.38. The Balaban J connectivity index is 1.48. The van der Waals surface area contributed by atoms with Crippen LogP contribution in [0.25, 0.3) is 0 Å². The predicted octanol–water partition coefficient (Wildman–Crippen LogP) is 7.44. The van der Waals surface area contributed by atoms with Gasteiger partial charge in [-0.05, 0) is 93.1 Å². The molecular formula is C26H36O. The van der Waals surface area contributed by atoms with Crippen LogP contribution in [0.1, 0.15) is 71.3 Å². The lowest BCUT2D eigenvalue weighted by Gasteiger charge is -2.30. The van der Waals surface area contributed by atoms with Gasteiger partial charge in [0.15, 0.2) is 0 Å². The number of allylic oxidation sites excluding steroid dienone is 6. The third kappa shape index (κ3) is 6.13. The molecule has 0 atom stereocenters. The highest BCUT2D eigenvalue weighted by molar-refractivity contribution is 5.38. The molecule has 0 saturated heterocycles. The van der Waals surface area contributed by atoms with Crippen molar-refractivity contribution in [2.45, 2.75) is 78.2 Å². The summed E-state index contributed by atoms with van der Waals surface area (Å²) in [5, 5.41) is 0. The Morgan fingerprint density at radius 3 is 2.37 bits per heavy atom. The molecule has 1 aromatic carbocycles. The first kappa shape index (κ1) is 20.0. The summed E-state index contributed by atoms with van der Waals surface area (Å²) in [5.74, 6) is 2.76. The van der Waals surface area contributed by atoms with Crippen LogP contribution in [0.4, 0.5) is 0 Å². The topological polar surface area (TPSA) is 9.23 Å². The smallest absolute Gasteiger partial charge is 0.119 e. The van der Waals surface area contributed by atoms with Crippen molar-refractivity contribution in [2.24, 2.45) is 11.8 Å². The molecule has 0 radical (unpaired) electrons. The van der Waals surface area contributed by atoms with Crippen molar-refractivity contribution in [3.63, 3.8) is 0 Å². The second-order valence-electron chi connectivity index (χ2n) is 8.54. The molecule has 1 nitrogen and oxygen atoms in total. The fraction of sp³-hybridized carbons (Fsp3) is 0.538. The van der Waals surface area contributed by atoms with Crippen molar-refractivity contribution in [1.29, 1.82) is 0 Å². The lowest BCUT2D eigenvalue weighted by molar-refractivity contribution is 0.242. The van der Waals surface area contributed by atoms with E-state index in [4.69, 9.17) is 4.74 Å². The maximum atomic E-state index is 5.72. The van der Waals surface area contributed by atoms with Crippen LogP contribution >= 0.6 is 0 Å². The van der Waals surface area contributed by atoms with E-state index in [0.29, 0.717) is 0 Å². The minimum Gasteiger partial charge on any atom is -0.491 e. The van der Waals surface area contributed by atoms with Crippen molar-refractivity contribution in [3.05, 3.63) is 65.3 Å². The summed E-state index contributed by atoms with van der Waals surface area (Å²) in [5.41, 5.74) is 4.38. The fourth-order valence-corrected chi connectivity index (χ4v) is 4.45. The van der Waals surface area contributed by atoms with Gasteiger partial charge >= 0.3 is 0 Å². The maximum absolute atomic E-state index is 5.72. The van der Waals surface area contributed by atoms with E-state index in [1.165, 1.54) is 49.7 Å². The van der Waals surface area contributed by atoms with Gasteiger partial charge in [0.05, 0.1) is 6.10 Å². The molecule has 0 unspecified atom stereocenters. The van der Waals surface area contributed by atoms with E-state index in [-0.39, 0.29) is 6.10 Å². The lowest BCUT2D eigenvalue weighted by Crippen LogP contribution is -2.16. The molecule has 1 fully saturated rings. The molecule has 27 heavy (non-hydrogen) atoms. The summed E-state index contributed by atoms with van der Waals surface area (Å²) in [4.78, 5) is 0. The van der Waals surface area contributed by atoms with Gasteiger partial charge in [0.2, 0.25) is 0 Å². The Hall–Kier alpha value is -1.76. The molecule has 2 aliphatic rings. The first-order chi connectivity index (χ1) is 13.1. The Morgan fingerprint density at radius 2 is 1.78 bits per heavy atom.